The highest BCUT2D eigenvalue weighted by Crippen LogP contribution is 2.35. The first-order chi connectivity index (χ1) is 12.2. The van der Waals surface area contributed by atoms with Gasteiger partial charge in [0.15, 0.2) is 0 Å². The van der Waals surface area contributed by atoms with Crippen molar-refractivity contribution in [1.29, 1.82) is 0 Å². The molecule has 25 heavy (non-hydrogen) atoms. The van der Waals surface area contributed by atoms with E-state index in [1.54, 1.807) is 19.5 Å². The first-order valence-electron chi connectivity index (χ1n) is 8.73. The molecule has 1 atom stereocenters. The van der Waals surface area contributed by atoms with Gasteiger partial charge in [-0.3, -0.25) is 4.98 Å². The summed E-state index contributed by atoms with van der Waals surface area (Å²) >= 11 is 0. The average molecular weight is 339 g/mol. The van der Waals surface area contributed by atoms with Crippen molar-refractivity contribution in [3.63, 3.8) is 0 Å². The molecule has 0 radical (unpaired) electrons. The Kier molecular flexibility index (Phi) is 5.53. The lowest BCUT2D eigenvalue weighted by atomic mass is 10.1. The number of nitrogens with zero attached hydrogens (tertiary/aromatic N) is 2. The second-order valence-electron chi connectivity index (χ2n) is 6.57. The molecule has 0 aliphatic heterocycles. The summed E-state index contributed by atoms with van der Waals surface area (Å²) < 4.78 is 5.21. The Bertz CT molecular complexity index is 684. The molecule has 1 fully saturated rings. The molecule has 5 nitrogen and oxygen atoms in total. The standard InChI is InChI=1S/C20H25N3O2/c1-15(18-5-6-18)23(14-17-3-7-19(25-2)8-4-17)20(24)22-13-16-9-11-21-12-10-16/h3-4,7-12,15,18H,5-6,13-14H2,1-2H3,(H,22,24)/t15-/m1/s1. The topological polar surface area (TPSA) is 54.5 Å². The number of carbonyl (C=O) groups excluding carboxylic acids is 1. The predicted octanol–water partition coefficient (Wildman–Crippen LogP) is 3.60. The van der Waals surface area contributed by atoms with Gasteiger partial charge < -0.3 is 15.0 Å². The molecule has 0 saturated heterocycles. The molecule has 1 aromatic carbocycles. The summed E-state index contributed by atoms with van der Waals surface area (Å²) in [5, 5.41) is 3.04. The number of benzene rings is 1. The Morgan fingerprint density at radius 2 is 1.88 bits per heavy atom. The van der Waals surface area contributed by atoms with E-state index in [9.17, 15) is 4.79 Å². The van der Waals surface area contributed by atoms with Crippen LogP contribution in [0, 0.1) is 5.92 Å². The van der Waals surface area contributed by atoms with Crippen molar-refractivity contribution in [2.45, 2.75) is 38.9 Å². The minimum atomic E-state index is -0.0213. The number of carbonyl (C=O) groups is 1. The van der Waals surface area contributed by atoms with Gasteiger partial charge >= 0.3 is 6.03 Å². The van der Waals surface area contributed by atoms with Gasteiger partial charge in [-0.2, -0.15) is 0 Å². The molecule has 1 aromatic heterocycles. The smallest absolute Gasteiger partial charge is 0.318 e. The lowest BCUT2D eigenvalue weighted by molar-refractivity contribution is 0.167. The highest BCUT2D eigenvalue weighted by molar-refractivity contribution is 5.74. The maximum absolute atomic E-state index is 12.8. The first-order valence-corrected chi connectivity index (χ1v) is 8.73. The minimum absolute atomic E-state index is 0.0213. The fourth-order valence-corrected chi connectivity index (χ4v) is 2.94. The molecule has 2 amide bonds. The van der Waals surface area contributed by atoms with Crippen LogP contribution in [-0.4, -0.2) is 29.1 Å². The number of methoxy groups -OCH3 is 1. The van der Waals surface area contributed by atoms with Crippen LogP contribution >= 0.6 is 0 Å². The van der Waals surface area contributed by atoms with Crippen molar-refractivity contribution in [1.82, 2.24) is 15.2 Å². The lowest BCUT2D eigenvalue weighted by Crippen LogP contribution is -2.45. The van der Waals surface area contributed by atoms with Crippen LogP contribution in [0.5, 0.6) is 5.75 Å². The minimum Gasteiger partial charge on any atom is -0.497 e. The molecule has 2 aromatic rings. The van der Waals surface area contributed by atoms with E-state index >= 15 is 0 Å². The van der Waals surface area contributed by atoms with Crippen molar-refractivity contribution in [3.05, 3.63) is 59.9 Å². The van der Waals surface area contributed by atoms with Gasteiger partial charge in [0.25, 0.3) is 0 Å². The molecule has 0 spiro atoms. The predicted molar refractivity (Wildman–Crippen MR) is 97.2 cm³/mol. The third kappa shape index (κ3) is 4.72. The summed E-state index contributed by atoms with van der Waals surface area (Å²) in [6.07, 6.45) is 5.89. The van der Waals surface area contributed by atoms with Crippen LogP contribution in [0.2, 0.25) is 0 Å². The Hall–Kier alpha value is -2.56. The molecule has 132 valence electrons. The van der Waals surface area contributed by atoms with Crippen LogP contribution in [-0.2, 0) is 13.1 Å². The Morgan fingerprint density at radius 1 is 1.20 bits per heavy atom. The molecule has 5 heteroatoms. The molecular weight excluding hydrogens is 314 g/mol. The van der Waals surface area contributed by atoms with Crippen LogP contribution < -0.4 is 10.1 Å². The summed E-state index contributed by atoms with van der Waals surface area (Å²) in [6.45, 7) is 3.26. The maximum Gasteiger partial charge on any atom is 0.318 e. The molecular formula is C20H25N3O2. The van der Waals surface area contributed by atoms with Gasteiger partial charge in [-0.25, -0.2) is 4.79 Å². The zero-order valence-electron chi connectivity index (χ0n) is 14.8. The van der Waals surface area contributed by atoms with Gasteiger partial charge in [-0.15, -0.1) is 0 Å². The largest absolute Gasteiger partial charge is 0.497 e. The van der Waals surface area contributed by atoms with Gasteiger partial charge in [0, 0.05) is 31.5 Å². The molecule has 3 rings (SSSR count). The van der Waals surface area contributed by atoms with E-state index in [1.807, 2.05) is 41.3 Å². The number of ether oxygens (including phenoxy) is 1. The Labute approximate surface area is 149 Å². The molecule has 1 saturated carbocycles. The summed E-state index contributed by atoms with van der Waals surface area (Å²) in [7, 11) is 1.66. The normalized spacial score (nSPS) is 14.6. The van der Waals surface area contributed by atoms with Gasteiger partial charge in [-0.1, -0.05) is 12.1 Å². The maximum atomic E-state index is 12.8. The summed E-state index contributed by atoms with van der Waals surface area (Å²) in [5.41, 5.74) is 2.15. The molecule has 1 N–H and O–H groups in total. The molecule has 0 bridgehead atoms. The van der Waals surface area contributed by atoms with E-state index < -0.39 is 0 Å². The van der Waals surface area contributed by atoms with Crippen molar-refractivity contribution in [2.75, 3.05) is 7.11 Å². The van der Waals surface area contributed by atoms with Crippen LogP contribution in [0.15, 0.2) is 48.8 Å². The number of pyridine rings is 1. The van der Waals surface area contributed by atoms with E-state index in [1.165, 1.54) is 12.8 Å². The van der Waals surface area contributed by atoms with Crippen LogP contribution in [0.4, 0.5) is 4.79 Å². The molecule has 1 heterocycles. The van der Waals surface area contributed by atoms with E-state index in [4.69, 9.17) is 4.74 Å². The summed E-state index contributed by atoms with van der Waals surface area (Å²) in [6, 6.07) is 11.9. The molecule has 1 aliphatic rings. The van der Waals surface area contributed by atoms with Crippen LogP contribution in [0.3, 0.4) is 0 Å². The number of rotatable bonds is 7. The third-order valence-electron chi connectivity index (χ3n) is 4.76. The number of urea groups is 1. The van der Waals surface area contributed by atoms with E-state index in [-0.39, 0.29) is 12.1 Å². The number of amides is 2. The quantitative estimate of drug-likeness (QED) is 0.838. The van der Waals surface area contributed by atoms with Crippen molar-refractivity contribution >= 4 is 6.03 Å². The average Bonchev–Trinajstić information content (AvgIpc) is 3.50. The monoisotopic (exact) mass is 339 g/mol. The van der Waals surface area contributed by atoms with Crippen molar-refractivity contribution in [3.8, 4) is 5.75 Å². The van der Waals surface area contributed by atoms with Crippen LogP contribution in [0.25, 0.3) is 0 Å². The van der Waals surface area contributed by atoms with Gasteiger partial charge in [0.05, 0.1) is 7.11 Å². The lowest BCUT2D eigenvalue weighted by Gasteiger charge is -2.30. The second kappa shape index (κ2) is 8.01. The van der Waals surface area contributed by atoms with Crippen molar-refractivity contribution < 1.29 is 9.53 Å². The van der Waals surface area contributed by atoms with Gasteiger partial charge in [-0.05, 0) is 61.1 Å². The number of hydrogen-bond donors (Lipinski definition) is 1. The zero-order chi connectivity index (χ0) is 17.6. The Balaban J connectivity index is 1.66. The van der Waals surface area contributed by atoms with Crippen LogP contribution in [0.1, 0.15) is 30.9 Å². The fourth-order valence-electron chi connectivity index (χ4n) is 2.94. The third-order valence-corrected chi connectivity index (χ3v) is 4.76. The SMILES string of the molecule is COc1ccc(CN(C(=O)NCc2ccncc2)[C@H](C)C2CC2)cc1. The van der Waals surface area contributed by atoms with Gasteiger partial charge in [0.2, 0.25) is 0 Å². The highest BCUT2D eigenvalue weighted by Gasteiger charge is 2.34. The first kappa shape index (κ1) is 17.3. The fraction of sp³-hybridized carbons (Fsp3) is 0.400. The number of aromatic nitrogens is 1. The number of hydrogen-bond acceptors (Lipinski definition) is 3. The van der Waals surface area contributed by atoms with Gasteiger partial charge in [0.1, 0.15) is 5.75 Å². The Morgan fingerprint density at radius 3 is 2.48 bits per heavy atom. The number of nitrogens with one attached hydrogen (secondary N) is 1. The van der Waals surface area contributed by atoms with E-state index in [0.29, 0.717) is 19.0 Å². The van der Waals surface area contributed by atoms with E-state index in [2.05, 4.69) is 17.2 Å². The molecule has 1 aliphatic carbocycles. The second-order valence-corrected chi connectivity index (χ2v) is 6.57. The molecule has 0 unspecified atom stereocenters. The summed E-state index contributed by atoms with van der Waals surface area (Å²) in [5.74, 6) is 1.44. The van der Waals surface area contributed by atoms with Crippen molar-refractivity contribution in [2.24, 2.45) is 5.92 Å². The highest BCUT2D eigenvalue weighted by atomic mass is 16.5. The summed E-state index contributed by atoms with van der Waals surface area (Å²) in [4.78, 5) is 18.7. The van der Waals surface area contributed by atoms with E-state index in [0.717, 1.165) is 16.9 Å². The zero-order valence-corrected chi connectivity index (χ0v) is 14.8.